The van der Waals surface area contributed by atoms with E-state index < -0.39 is 11.7 Å². The average molecular weight is 299 g/mol. The number of nitrogens with one attached hydrogen (secondary N) is 1. The van der Waals surface area contributed by atoms with E-state index in [1.807, 2.05) is 0 Å². The van der Waals surface area contributed by atoms with E-state index in [4.69, 9.17) is 0 Å². The molecular formula is C16H14FN3O2. The van der Waals surface area contributed by atoms with Crippen molar-refractivity contribution in [3.8, 4) is 0 Å². The Morgan fingerprint density at radius 1 is 1.27 bits per heavy atom. The van der Waals surface area contributed by atoms with Gasteiger partial charge in [-0.05, 0) is 24.3 Å². The summed E-state index contributed by atoms with van der Waals surface area (Å²) in [5.74, 6) is -1.49. The minimum atomic E-state index is -0.507. The van der Waals surface area contributed by atoms with Gasteiger partial charge in [-0.15, -0.1) is 0 Å². The molecule has 1 aliphatic heterocycles. The topological polar surface area (TPSA) is 62.3 Å². The Morgan fingerprint density at radius 2 is 2.09 bits per heavy atom. The Labute approximate surface area is 126 Å². The molecule has 5 nitrogen and oxygen atoms in total. The summed E-state index contributed by atoms with van der Waals surface area (Å²) in [6.07, 6.45) is 3.21. The highest BCUT2D eigenvalue weighted by Crippen LogP contribution is 2.27. The number of halogens is 1. The molecular weight excluding hydrogens is 285 g/mol. The van der Waals surface area contributed by atoms with Crippen molar-refractivity contribution in [2.24, 2.45) is 5.92 Å². The SMILES string of the molecule is O=C(Nc1cccnc1)C1CC(=O)N(c2ccccc2F)C1. The van der Waals surface area contributed by atoms with Crippen molar-refractivity contribution in [1.29, 1.82) is 0 Å². The number of anilines is 2. The highest BCUT2D eigenvalue weighted by Gasteiger charge is 2.36. The number of hydrogen-bond donors (Lipinski definition) is 1. The van der Waals surface area contributed by atoms with Gasteiger partial charge in [-0.3, -0.25) is 14.6 Å². The lowest BCUT2D eigenvalue weighted by Crippen LogP contribution is -2.28. The lowest BCUT2D eigenvalue weighted by atomic mass is 10.1. The Kier molecular flexibility index (Phi) is 3.82. The first-order valence-corrected chi connectivity index (χ1v) is 6.91. The monoisotopic (exact) mass is 299 g/mol. The first-order chi connectivity index (χ1) is 10.6. The third kappa shape index (κ3) is 2.81. The fourth-order valence-electron chi connectivity index (χ4n) is 2.47. The molecule has 1 saturated heterocycles. The highest BCUT2D eigenvalue weighted by molar-refractivity contribution is 6.03. The second-order valence-corrected chi connectivity index (χ2v) is 5.09. The van der Waals surface area contributed by atoms with Gasteiger partial charge in [-0.2, -0.15) is 0 Å². The molecule has 1 N–H and O–H groups in total. The van der Waals surface area contributed by atoms with Crippen molar-refractivity contribution in [3.05, 3.63) is 54.6 Å². The number of carbonyl (C=O) groups is 2. The van der Waals surface area contributed by atoms with E-state index in [9.17, 15) is 14.0 Å². The maximum Gasteiger partial charge on any atom is 0.229 e. The molecule has 1 fully saturated rings. The number of aromatic nitrogens is 1. The smallest absolute Gasteiger partial charge is 0.229 e. The van der Waals surface area contributed by atoms with Crippen molar-refractivity contribution >= 4 is 23.2 Å². The van der Waals surface area contributed by atoms with Crippen LogP contribution < -0.4 is 10.2 Å². The average Bonchev–Trinajstić information content (AvgIpc) is 2.91. The zero-order valence-electron chi connectivity index (χ0n) is 11.7. The van der Waals surface area contributed by atoms with E-state index >= 15 is 0 Å². The van der Waals surface area contributed by atoms with Gasteiger partial charge in [0.25, 0.3) is 0 Å². The molecule has 1 aromatic heterocycles. The number of amides is 2. The van der Waals surface area contributed by atoms with Crippen LogP contribution in [0.15, 0.2) is 48.8 Å². The number of benzene rings is 1. The van der Waals surface area contributed by atoms with Crippen LogP contribution >= 0.6 is 0 Å². The number of pyridine rings is 1. The third-order valence-electron chi connectivity index (χ3n) is 3.57. The van der Waals surface area contributed by atoms with Crippen LogP contribution in [0.5, 0.6) is 0 Å². The number of carbonyl (C=O) groups excluding carboxylic acids is 2. The highest BCUT2D eigenvalue weighted by atomic mass is 19.1. The van der Waals surface area contributed by atoms with Crippen molar-refractivity contribution in [3.63, 3.8) is 0 Å². The molecule has 0 spiro atoms. The molecule has 6 heteroatoms. The van der Waals surface area contributed by atoms with Crippen LogP contribution in [0.2, 0.25) is 0 Å². The van der Waals surface area contributed by atoms with Crippen molar-refractivity contribution in [2.45, 2.75) is 6.42 Å². The molecule has 0 bridgehead atoms. The number of rotatable bonds is 3. The molecule has 22 heavy (non-hydrogen) atoms. The van der Waals surface area contributed by atoms with Crippen LogP contribution in [-0.2, 0) is 9.59 Å². The minimum absolute atomic E-state index is 0.0699. The summed E-state index contributed by atoms with van der Waals surface area (Å²) in [5, 5.41) is 2.72. The van der Waals surface area contributed by atoms with Gasteiger partial charge in [0.15, 0.2) is 0 Å². The lowest BCUT2D eigenvalue weighted by molar-refractivity contribution is -0.122. The zero-order valence-corrected chi connectivity index (χ0v) is 11.7. The standard InChI is InChI=1S/C16H14FN3O2/c17-13-5-1-2-6-14(13)20-10-11(8-15(20)21)16(22)19-12-4-3-7-18-9-12/h1-7,9,11H,8,10H2,(H,19,22). The van der Waals surface area contributed by atoms with Gasteiger partial charge < -0.3 is 10.2 Å². The lowest BCUT2D eigenvalue weighted by Gasteiger charge is -2.17. The Hall–Kier alpha value is -2.76. The molecule has 1 aliphatic rings. The molecule has 0 aliphatic carbocycles. The van der Waals surface area contributed by atoms with E-state index in [0.717, 1.165) is 0 Å². The fraction of sp³-hybridized carbons (Fsp3) is 0.188. The van der Waals surface area contributed by atoms with E-state index in [1.165, 1.54) is 23.2 Å². The first-order valence-electron chi connectivity index (χ1n) is 6.91. The van der Waals surface area contributed by atoms with E-state index in [2.05, 4.69) is 10.3 Å². The first kappa shape index (κ1) is 14.2. The molecule has 1 aromatic carbocycles. The molecule has 1 atom stereocenters. The van der Waals surface area contributed by atoms with Gasteiger partial charge >= 0.3 is 0 Å². The van der Waals surface area contributed by atoms with Crippen LogP contribution in [0.1, 0.15) is 6.42 Å². The second-order valence-electron chi connectivity index (χ2n) is 5.09. The quantitative estimate of drug-likeness (QED) is 0.945. The molecule has 2 amide bonds. The number of hydrogen-bond acceptors (Lipinski definition) is 3. The molecule has 3 rings (SSSR count). The zero-order chi connectivity index (χ0) is 15.5. The van der Waals surface area contributed by atoms with Crippen LogP contribution in [0.4, 0.5) is 15.8 Å². The summed E-state index contributed by atoms with van der Waals surface area (Å²) in [6, 6.07) is 9.48. The van der Waals surface area contributed by atoms with Gasteiger partial charge in [-0.1, -0.05) is 12.1 Å². The van der Waals surface area contributed by atoms with E-state index in [-0.39, 0.29) is 30.5 Å². The molecule has 0 radical (unpaired) electrons. The van der Waals surface area contributed by atoms with Crippen molar-refractivity contribution < 1.29 is 14.0 Å². The molecule has 0 saturated carbocycles. The number of para-hydroxylation sites is 1. The second kappa shape index (κ2) is 5.93. The maximum absolute atomic E-state index is 13.8. The fourth-order valence-corrected chi connectivity index (χ4v) is 2.47. The largest absolute Gasteiger partial charge is 0.324 e. The minimum Gasteiger partial charge on any atom is -0.324 e. The summed E-state index contributed by atoms with van der Waals surface area (Å²) >= 11 is 0. The molecule has 2 aromatic rings. The van der Waals surface area contributed by atoms with Crippen molar-refractivity contribution in [2.75, 3.05) is 16.8 Å². The van der Waals surface area contributed by atoms with Gasteiger partial charge in [0.05, 0.1) is 23.5 Å². The summed E-state index contributed by atoms with van der Waals surface area (Å²) in [4.78, 5) is 29.5. The number of nitrogens with zero attached hydrogens (tertiary/aromatic N) is 2. The summed E-state index contributed by atoms with van der Waals surface area (Å²) < 4.78 is 13.8. The van der Waals surface area contributed by atoms with Gasteiger partial charge in [0.1, 0.15) is 5.82 Å². The van der Waals surface area contributed by atoms with Crippen LogP contribution in [-0.4, -0.2) is 23.3 Å². The van der Waals surface area contributed by atoms with Gasteiger partial charge in [-0.25, -0.2) is 4.39 Å². The summed E-state index contributed by atoms with van der Waals surface area (Å²) in [5.41, 5.74) is 0.786. The normalized spacial score (nSPS) is 17.6. The third-order valence-corrected chi connectivity index (χ3v) is 3.57. The molecule has 2 heterocycles. The Balaban J connectivity index is 1.72. The van der Waals surface area contributed by atoms with Crippen LogP contribution in [0.25, 0.3) is 0 Å². The maximum atomic E-state index is 13.8. The predicted molar refractivity (Wildman–Crippen MR) is 79.7 cm³/mol. The van der Waals surface area contributed by atoms with Crippen molar-refractivity contribution in [1.82, 2.24) is 4.98 Å². The van der Waals surface area contributed by atoms with Crippen LogP contribution in [0.3, 0.4) is 0 Å². The summed E-state index contributed by atoms with van der Waals surface area (Å²) in [6.45, 7) is 0.172. The Morgan fingerprint density at radius 3 is 2.82 bits per heavy atom. The molecule has 1 unspecified atom stereocenters. The summed E-state index contributed by atoms with van der Waals surface area (Å²) in [7, 11) is 0. The Bertz CT molecular complexity index is 706. The van der Waals surface area contributed by atoms with E-state index in [1.54, 1.807) is 30.5 Å². The predicted octanol–water partition coefficient (Wildman–Crippen LogP) is 2.21. The van der Waals surface area contributed by atoms with E-state index in [0.29, 0.717) is 5.69 Å². The van der Waals surface area contributed by atoms with Gasteiger partial charge in [0, 0.05) is 19.2 Å². The van der Waals surface area contributed by atoms with Gasteiger partial charge in [0.2, 0.25) is 11.8 Å². The molecule has 112 valence electrons. The van der Waals surface area contributed by atoms with Crippen LogP contribution in [0, 0.1) is 11.7 Å².